The standard InChI is InChI=1S/C19H18ClN3O2/c20-15-7-5-13(6-8-15)10-22-19(25)12-23-18(24)9-14-11-21-17-4-2-1-3-16(14)17/h1-8,11,21H,9-10,12H2,(H,22,25)(H,23,24). The van der Waals surface area contributed by atoms with Gasteiger partial charge in [-0.15, -0.1) is 0 Å². The van der Waals surface area contributed by atoms with Crippen molar-refractivity contribution in [1.29, 1.82) is 0 Å². The summed E-state index contributed by atoms with van der Waals surface area (Å²) in [6.07, 6.45) is 2.05. The van der Waals surface area contributed by atoms with Gasteiger partial charge in [-0.05, 0) is 29.3 Å². The van der Waals surface area contributed by atoms with E-state index in [9.17, 15) is 9.59 Å². The van der Waals surface area contributed by atoms with Crippen LogP contribution in [0.2, 0.25) is 5.02 Å². The van der Waals surface area contributed by atoms with Crippen LogP contribution in [0.15, 0.2) is 54.7 Å². The zero-order chi connectivity index (χ0) is 17.6. The fourth-order valence-corrected chi connectivity index (χ4v) is 2.68. The molecule has 0 aliphatic carbocycles. The van der Waals surface area contributed by atoms with Crippen molar-refractivity contribution in [3.8, 4) is 0 Å². The van der Waals surface area contributed by atoms with Crippen molar-refractivity contribution in [2.24, 2.45) is 0 Å². The third-order valence-corrected chi connectivity index (χ3v) is 4.13. The van der Waals surface area contributed by atoms with Crippen LogP contribution in [0.25, 0.3) is 10.9 Å². The highest BCUT2D eigenvalue weighted by Crippen LogP contribution is 2.17. The quantitative estimate of drug-likeness (QED) is 0.636. The average Bonchev–Trinajstić information content (AvgIpc) is 3.02. The van der Waals surface area contributed by atoms with Gasteiger partial charge < -0.3 is 15.6 Å². The molecule has 5 nitrogen and oxygen atoms in total. The highest BCUT2D eigenvalue weighted by molar-refractivity contribution is 6.30. The molecule has 0 aliphatic heterocycles. The Kier molecular flexibility index (Phi) is 5.36. The Hall–Kier alpha value is -2.79. The Bertz CT molecular complexity index is 887. The van der Waals surface area contributed by atoms with Crippen molar-refractivity contribution >= 4 is 34.3 Å². The fraction of sp³-hybridized carbons (Fsp3) is 0.158. The number of para-hydroxylation sites is 1. The molecule has 128 valence electrons. The Morgan fingerprint density at radius 1 is 0.960 bits per heavy atom. The summed E-state index contributed by atoms with van der Waals surface area (Å²) in [7, 11) is 0. The first-order valence-electron chi connectivity index (χ1n) is 7.94. The van der Waals surface area contributed by atoms with Gasteiger partial charge in [0, 0.05) is 28.7 Å². The molecule has 0 fully saturated rings. The molecule has 0 unspecified atom stereocenters. The van der Waals surface area contributed by atoms with Gasteiger partial charge in [-0.3, -0.25) is 9.59 Å². The number of fused-ring (bicyclic) bond motifs is 1. The number of carbonyl (C=O) groups excluding carboxylic acids is 2. The lowest BCUT2D eigenvalue weighted by Gasteiger charge is -2.07. The summed E-state index contributed by atoms with van der Waals surface area (Å²) >= 11 is 5.82. The predicted octanol–water partition coefficient (Wildman–Crippen LogP) is 2.80. The van der Waals surface area contributed by atoms with Crippen molar-refractivity contribution in [3.05, 3.63) is 70.9 Å². The molecule has 0 saturated heterocycles. The van der Waals surface area contributed by atoms with Gasteiger partial charge in [-0.2, -0.15) is 0 Å². The molecule has 25 heavy (non-hydrogen) atoms. The van der Waals surface area contributed by atoms with Crippen LogP contribution in [0.5, 0.6) is 0 Å². The molecule has 2 amide bonds. The molecule has 3 rings (SSSR count). The van der Waals surface area contributed by atoms with E-state index < -0.39 is 0 Å². The van der Waals surface area contributed by atoms with Crippen LogP contribution in [-0.4, -0.2) is 23.3 Å². The number of benzene rings is 2. The minimum absolute atomic E-state index is 0.0468. The molecule has 0 atom stereocenters. The molecular weight excluding hydrogens is 338 g/mol. The smallest absolute Gasteiger partial charge is 0.239 e. The zero-order valence-electron chi connectivity index (χ0n) is 13.5. The molecular formula is C19H18ClN3O2. The van der Waals surface area contributed by atoms with E-state index in [1.54, 1.807) is 12.1 Å². The van der Waals surface area contributed by atoms with Crippen LogP contribution in [0.3, 0.4) is 0 Å². The molecule has 6 heteroatoms. The second kappa shape index (κ2) is 7.85. The first-order valence-corrected chi connectivity index (χ1v) is 8.32. The summed E-state index contributed by atoms with van der Waals surface area (Å²) in [6, 6.07) is 15.0. The van der Waals surface area contributed by atoms with Gasteiger partial charge in [-0.1, -0.05) is 41.9 Å². The van der Waals surface area contributed by atoms with Crippen molar-refractivity contribution in [2.75, 3.05) is 6.54 Å². The summed E-state index contributed by atoms with van der Waals surface area (Å²) < 4.78 is 0. The Labute approximate surface area is 150 Å². The van der Waals surface area contributed by atoms with Crippen LogP contribution >= 0.6 is 11.6 Å². The molecule has 3 aromatic rings. The van der Waals surface area contributed by atoms with Gasteiger partial charge in [0.05, 0.1) is 13.0 Å². The van der Waals surface area contributed by atoms with Gasteiger partial charge in [0.2, 0.25) is 11.8 Å². The largest absolute Gasteiger partial charge is 0.361 e. The lowest BCUT2D eigenvalue weighted by Crippen LogP contribution is -2.37. The van der Waals surface area contributed by atoms with Gasteiger partial charge in [0.1, 0.15) is 0 Å². The molecule has 1 heterocycles. The molecule has 0 radical (unpaired) electrons. The number of amides is 2. The highest BCUT2D eigenvalue weighted by atomic mass is 35.5. The number of aromatic nitrogens is 1. The zero-order valence-corrected chi connectivity index (χ0v) is 14.3. The predicted molar refractivity (Wildman–Crippen MR) is 98.3 cm³/mol. The lowest BCUT2D eigenvalue weighted by atomic mass is 10.1. The normalized spacial score (nSPS) is 10.6. The van der Waals surface area contributed by atoms with Gasteiger partial charge in [0.25, 0.3) is 0 Å². The van der Waals surface area contributed by atoms with Crippen LogP contribution in [-0.2, 0) is 22.6 Å². The number of hydrogen-bond acceptors (Lipinski definition) is 2. The molecule has 0 spiro atoms. The number of rotatable bonds is 6. The van der Waals surface area contributed by atoms with Gasteiger partial charge in [-0.25, -0.2) is 0 Å². The summed E-state index contributed by atoms with van der Waals surface area (Å²) in [4.78, 5) is 27.0. The number of hydrogen-bond donors (Lipinski definition) is 3. The van der Waals surface area contributed by atoms with Crippen LogP contribution in [0, 0.1) is 0 Å². The minimum Gasteiger partial charge on any atom is -0.361 e. The highest BCUT2D eigenvalue weighted by Gasteiger charge is 2.10. The maximum atomic E-state index is 12.1. The maximum Gasteiger partial charge on any atom is 0.239 e. The maximum absolute atomic E-state index is 12.1. The number of carbonyl (C=O) groups is 2. The molecule has 0 saturated carbocycles. The topological polar surface area (TPSA) is 74.0 Å². The van der Waals surface area contributed by atoms with Crippen molar-refractivity contribution in [1.82, 2.24) is 15.6 Å². The van der Waals surface area contributed by atoms with Crippen molar-refractivity contribution in [2.45, 2.75) is 13.0 Å². The second-order valence-electron chi connectivity index (χ2n) is 5.72. The third kappa shape index (κ3) is 4.61. The van der Waals surface area contributed by atoms with E-state index in [-0.39, 0.29) is 24.8 Å². The Morgan fingerprint density at radius 3 is 2.52 bits per heavy atom. The first-order chi connectivity index (χ1) is 12.1. The first kappa shape index (κ1) is 17.0. The fourth-order valence-electron chi connectivity index (χ4n) is 2.56. The van der Waals surface area contributed by atoms with E-state index in [0.29, 0.717) is 11.6 Å². The lowest BCUT2D eigenvalue weighted by molar-refractivity contribution is -0.125. The van der Waals surface area contributed by atoms with E-state index in [1.165, 1.54) is 0 Å². The van der Waals surface area contributed by atoms with E-state index in [4.69, 9.17) is 11.6 Å². The van der Waals surface area contributed by atoms with Gasteiger partial charge in [0.15, 0.2) is 0 Å². The number of H-pyrrole nitrogens is 1. The average molecular weight is 356 g/mol. The molecule has 3 N–H and O–H groups in total. The van der Waals surface area contributed by atoms with E-state index >= 15 is 0 Å². The van der Waals surface area contributed by atoms with Crippen LogP contribution < -0.4 is 10.6 Å². The van der Waals surface area contributed by atoms with E-state index in [1.807, 2.05) is 42.6 Å². The molecule has 0 bridgehead atoms. The second-order valence-corrected chi connectivity index (χ2v) is 6.15. The Balaban J connectivity index is 1.45. The molecule has 2 aromatic carbocycles. The summed E-state index contributed by atoms with van der Waals surface area (Å²) in [5.74, 6) is -0.423. The number of aromatic amines is 1. The van der Waals surface area contributed by atoms with Gasteiger partial charge >= 0.3 is 0 Å². The third-order valence-electron chi connectivity index (χ3n) is 3.87. The molecule has 1 aromatic heterocycles. The van der Waals surface area contributed by atoms with E-state index in [2.05, 4.69) is 15.6 Å². The van der Waals surface area contributed by atoms with Crippen LogP contribution in [0.4, 0.5) is 0 Å². The number of nitrogens with one attached hydrogen (secondary N) is 3. The Morgan fingerprint density at radius 2 is 1.72 bits per heavy atom. The number of halogens is 1. The van der Waals surface area contributed by atoms with E-state index in [0.717, 1.165) is 22.0 Å². The minimum atomic E-state index is -0.234. The van der Waals surface area contributed by atoms with Crippen LogP contribution in [0.1, 0.15) is 11.1 Å². The summed E-state index contributed by atoms with van der Waals surface area (Å²) in [6.45, 7) is 0.350. The summed E-state index contributed by atoms with van der Waals surface area (Å²) in [5, 5.41) is 7.07. The monoisotopic (exact) mass is 355 g/mol. The SMILES string of the molecule is O=C(CNC(=O)Cc1c[nH]c2ccccc12)NCc1ccc(Cl)cc1. The van der Waals surface area contributed by atoms with Crippen molar-refractivity contribution in [3.63, 3.8) is 0 Å². The van der Waals surface area contributed by atoms with Crippen molar-refractivity contribution < 1.29 is 9.59 Å². The summed E-state index contributed by atoms with van der Waals surface area (Å²) in [5.41, 5.74) is 2.85. The molecule has 0 aliphatic rings.